The molecule has 6 heteroatoms. The molecule has 2 amide bonds. The van der Waals surface area contributed by atoms with E-state index in [1.807, 2.05) is 35.2 Å². The standard InChI is InChI=1S/C21H28N4O2/c1-16-5-7-17(8-6-16)20-13-18(23-27-20)14-22-21(26)25-12-9-19(15-25)24-10-3-2-4-11-24/h5-8,13,19H,2-4,9-12,14-15H2,1H3,(H,22,26)/t19-/m1/s1. The monoisotopic (exact) mass is 368 g/mol. The fourth-order valence-corrected chi connectivity index (χ4v) is 4.03. The number of aryl methyl sites for hydroxylation is 1. The van der Waals surface area contributed by atoms with Gasteiger partial charge in [-0.2, -0.15) is 0 Å². The molecule has 0 aliphatic carbocycles. The van der Waals surface area contributed by atoms with Gasteiger partial charge in [-0.1, -0.05) is 41.4 Å². The van der Waals surface area contributed by atoms with Crippen molar-refractivity contribution in [1.82, 2.24) is 20.3 Å². The second-order valence-corrected chi connectivity index (χ2v) is 7.69. The van der Waals surface area contributed by atoms with Crippen LogP contribution in [0.3, 0.4) is 0 Å². The zero-order chi connectivity index (χ0) is 18.6. The first-order valence-electron chi connectivity index (χ1n) is 9.98. The van der Waals surface area contributed by atoms with Gasteiger partial charge in [-0.05, 0) is 39.3 Å². The number of aromatic nitrogens is 1. The number of hydrogen-bond acceptors (Lipinski definition) is 4. The Bertz CT molecular complexity index is 765. The van der Waals surface area contributed by atoms with Gasteiger partial charge in [0.1, 0.15) is 5.69 Å². The third kappa shape index (κ3) is 4.33. The van der Waals surface area contributed by atoms with Crippen molar-refractivity contribution in [1.29, 1.82) is 0 Å². The van der Waals surface area contributed by atoms with Crippen molar-refractivity contribution in [3.05, 3.63) is 41.6 Å². The zero-order valence-corrected chi connectivity index (χ0v) is 16.0. The van der Waals surface area contributed by atoms with Crippen LogP contribution in [0.15, 0.2) is 34.9 Å². The Morgan fingerprint density at radius 2 is 1.96 bits per heavy atom. The molecule has 1 atom stereocenters. The number of carbonyl (C=O) groups excluding carboxylic acids is 1. The molecule has 2 aromatic rings. The maximum atomic E-state index is 12.5. The molecule has 0 unspecified atom stereocenters. The molecule has 2 aliphatic rings. The molecule has 1 aromatic heterocycles. The molecular formula is C21H28N4O2. The molecule has 0 spiro atoms. The van der Waals surface area contributed by atoms with Crippen molar-refractivity contribution in [2.24, 2.45) is 0 Å². The maximum Gasteiger partial charge on any atom is 0.317 e. The number of amides is 2. The molecular weight excluding hydrogens is 340 g/mol. The lowest BCUT2D eigenvalue weighted by atomic mass is 10.1. The average molecular weight is 368 g/mol. The Morgan fingerprint density at radius 3 is 2.74 bits per heavy atom. The summed E-state index contributed by atoms with van der Waals surface area (Å²) in [5, 5.41) is 7.07. The Kier molecular flexibility index (Phi) is 5.43. The summed E-state index contributed by atoms with van der Waals surface area (Å²) in [6, 6.07) is 10.5. The highest BCUT2D eigenvalue weighted by atomic mass is 16.5. The number of likely N-dealkylation sites (tertiary alicyclic amines) is 2. The van der Waals surface area contributed by atoms with E-state index in [1.165, 1.54) is 37.9 Å². The van der Waals surface area contributed by atoms with Crippen LogP contribution in [0, 0.1) is 6.92 Å². The van der Waals surface area contributed by atoms with Crippen molar-refractivity contribution in [2.45, 2.75) is 45.2 Å². The molecule has 3 heterocycles. The minimum atomic E-state index is -0.00519. The first kappa shape index (κ1) is 18.0. The van der Waals surface area contributed by atoms with E-state index in [-0.39, 0.29) is 6.03 Å². The number of rotatable bonds is 4. The van der Waals surface area contributed by atoms with Crippen molar-refractivity contribution >= 4 is 6.03 Å². The fourth-order valence-electron chi connectivity index (χ4n) is 4.03. The molecule has 0 radical (unpaired) electrons. The first-order valence-corrected chi connectivity index (χ1v) is 9.98. The van der Waals surface area contributed by atoms with Crippen LogP contribution in [0.1, 0.15) is 36.9 Å². The summed E-state index contributed by atoms with van der Waals surface area (Å²) >= 11 is 0. The average Bonchev–Trinajstić information content (AvgIpc) is 3.37. The highest BCUT2D eigenvalue weighted by Crippen LogP contribution is 2.22. The van der Waals surface area contributed by atoms with Crippen LogP contribution in [-0.4, -0.2) is 53.2 Å². The summed E-state index contributed by atoms with van der Waals surface area (Å²) in [5.41, 5.74) is 2.94. The van der Waals surface area contributed by atoms with Gasteiger partial charge >= 0.3 is 6.03 Å². The number of benzene rings is 1. The van der Waals surface area contributed by atoms with Crippen LogP contribution in [0.5, 0.6) is 0 Å². The molecule has 4 rings (SSSR count). The van der Waals surface area contributed by atoms with E-state index >= 15 is 0 Å². The predicted molar refractivity (Wildman–Crippen MR) is 104 cm³/mol. The SMILES string of the molecule is Cc1ccc(-c2cc(CNC(=O)N3CC[C@@H](N4CCCCC4)C3)no2)cc1. The zero-order valence-electron chi connectivity index (χ0n) is 16.0. The van der Waals surface area contributed by atoms with Crippen molar-refractivity contribution in [3.8, 4) is 11.3 Å². The molecule has 2 aliphatic heterocycles. The van der Waals surface area contributed by atoms with Crippen molar-refractivity contribution in [3.63, 3.8) is 0 Å². The molecule has 1 aromatic carbocycles. The summed E-state index contributed by atoms with van der Waals surface area (Å²) in [6.07, 6.45) is 5.00. The second kappa shape index (κ2) is 8.13. The number of hydrogen-bond donors (Lipinski definition) is 1. The fraction of sp³-hybridized carbons (Fsp3) is 0.524. The lowest BCUT2D eigenvalue weighted by Crippen LogP contribution is -2.43. The van der Waals surface area contributed by atoms with Gasteiger partial charge in [-0.15, -0.1) is 0 Å². The van der Waals surface area contributed by atoms with E-state index < -0.39 is 0 Å². The lowest BCUT2D eigenvalue weighted by Gasteiger charge is -2.32. The molecule has 144 valence electrons. The molecule has 2 fully saturated rings. The van der Waals surface area contributed by atoms with Gasteiger partial charge < -0.3 is 14.7 Å². The van der Waals surface area contributed by atoms with Crippen LogP contribution >= 0.6 is 0 Å². The Morgan fingerprint density at radius 1 is 1.19 bits per heavy atom. The van der Waals surface area contributed by atoms with Gasteiger partial charge in [0.15, 0.2) is 5.76 Å². The Labute approximate surface area is 160 Å². The molecule has 2 saturated heterocycles. The summed E-state index contributed by atoms with van der Waals surface area (Å²) in [6.45, 7) is 6.47. The first-order chi connectivity index (χ1) is 13.2. The van der Waals surface area contributed by atoms with Crippen LogP contribution in [0.4, 0.5) is 4.79 Å². The topological polar surface area (TPSA) is 61.6 Å². The number of urea groups is 1. The summed E-state index contributed by atoms with van der Waals surface area (Å²) < 4.78 is 5.42. The molecule has 27 heavy (non-hydrogen) atoms. The summed E-state index contributed by atoms with van der Waals surface area (Å²) in [5.74, 6) is 0.727. The van der Waals surface area contributed by atoms with Gasteiger partial charge in [0, 0.05) is 30.8 Å². The largest absolute Gasteiger partial charge is 0.356 e. The van der Waals surface area contributed by atoms with Crippen molar-refractivity contribution in [2.75, 3.05) is 26.2 Å². The number of carbonyl (C=O) groups is 1. The van der Waals surface area contributed by atoms with Gasteiger partial charge in [0.05, 0.1) is 6.54 Å². The molecule has 0 saturated carbocycles. The minimum Gasteiger partial charge on any atom is -0.356 e. The van der Waals surface area contributed by atoms with Crippen LogP contribution in [0.25, 0.3) is 11.3 Å². The lowest BCUT2D eigenvalue weighted by molar-refractivity contribution is 0.161. The van der Waals surface area contributed by atoms with E-state index in [4.69, 9.17) is 4.52 Å². The van der Waals surface area contributed by atoms with E-state index in [0.717, 1.165) is 36.5 Å². The second-order valence-electron chi connectivity index (χ2n) is 7.69. The van der Waals surface area contributed by atoms with E-state index in [1.54, 1.807) is 0 Å². The molecule has 6 nitrogen and oxygen atoms in total. The molecule has 0 bridgehead atoms. The quantitative estimate of drug-likeness (QED) is 0.898. The van der Waals surface area contributed by atoms with Crippen LogP contribution in [0.2, 0.25) is 0 Å². The van der Waals surface area contributed by atoms with E-state index in [9.17, 15) is 4.79 Å². The van der Waals surface area contributed by atoms with Gasteiger partial charge in [-0.25, -0.2) is 4.79 Å². The minimum absolute atomic E-state index is 0.00519. The van der Waals surface area contributed by atoms with Crippen molar-refractivity contribution < 1.29 is 9.32 Å². The van der Waals surface area contributed by atoms with E-state index in [2.05, 4.69) is 22.3 Å². The number of nitrogens with one attached hydrogen (secondary N) is 1. The Balaban J connectivity index is 1.28. The third-order valence-electron chi connectivity index (χ3n) is 5.67. The normalized spacial score (nSPS) is 20.8. The third-order valence-corrected chi connectivity index (χ3v) is 5.67. The van der Waals surface area contributed by atoms with Gasteiger partial charge in [-0.3, -0.25) is 4.90 Å². The van der Waals surface area contributed by atoms with E-state index in [0.29, 0.717) is 12.6 Å². The summed E-state index contributed by atoms with van der Waals surface area (Å²) in [4.78, 5) is 17.0. The van der Waals surface area contributed by atoms with Gasteiger partial charge in [0.2, 0.25) is 0 Å². The van der Waals surface area contributed by atoms with Crippen LogP contribution < -0.4 is 5.32 Å². The highest BCUT2D eigenvalue weighted by Gasteiger charge is 2.30. The number of piperidine rings is 1. The smallest absolute Gasteiger partial charge is 0.317 e. The highest BCUT2D eigenvalue weighted by molar-refractivity contribution is 5.74. The maximum absolute atomic E-state index is 12.5. The Hall–Kier alpha value is -2.34. The predicted octanol–water partition coefficient (Wildman–Crippen LogP) is 3.42. The number of nitrogens with zero attached hydrogens (tertiary/aromatic N) is 3. The summed E-state index contributed by atoms with van der Waals surface area (Å²) in [7, 11) is 0. The molecule has 1 N–H and O–H groups in total. The van der Waals surface area contributed by atoms with Gasteiger partial charge in [0.25, 0.3) is 0 Å². The van der Waals surface area contributed by atoms with Crippen LogP contribution in [-0.2, 0) is 6.54 Å².